The van der Waals surface area contributed by atoms with Crippen LogP contribution in [0.2, 0.25) is 6.82 Å². The summed E-state index contributed by atoms with van der Waals surface area (Å²) in [4.78, 5) is 0. The fourth-order valence-electron chi connectivity index (χ4n) is 4.20. The largest absolute Gasteiger partial charge is 0.437 e. The molecule has 0 unspecified atom stereocenters. The summed E-state index contributed by atoms with van der Waals surface area (Å²) >= 11 is 0. The maximum Gasteiger partial charge on any atom is 0.373 e. The minimum atomic E-state index is -0.398. The molecule has 3 nitrogen and oxygen atoms in total. The molecule has 2 aliphatic carbocycles. The van der Waals surface area contributed by atoms with Crippen molar-refractivity contribution < 1.29 is 9.76 Å². The van der Waals surface area contributed by atoms with E-state index in [2.05, 4.69) is 19.1 Å². The van der Waals surface area contributed by atoms with Gasteiger partial charge in [-0.05, 0) is 49.3 Å². The number of ether oxygens (including phenoxy) is 1. The van der Waals surface area contributed by atoms with E-state index in [1.807, 2.05) is 6.82 Å². The summed E-state index contributed by atoms with van der Waals surface area (Å²) in [6.45, 7) is 7.43. The highest BCUT2D eigenvalue weighted by Gasteiger charge is 2.51. The van der Waals surface area contributed by atoms with Gasteiger partial charge in [0, 0.05) is 19.8 Å². The lowest BCUT2D eigenvalue weighted by Crippen LogP contribution is -2.42. The van der Waals surface area contributed by atoms with Gasteiger partial charge >= 0.3 is 7.05 Å². The Morgan fingerprint density at radius 2 is 2.00 bits per heavy atom. The minimum absolute atomic E-state index is 0.398. The molecular formula is C13H26BNO2. The van der Waals surface area contributed by atoms with Crippen LogP contribution in [0.5, 0.6) is 0 Å². The molecule has 0 bridgehead atoms. The molecule has 17 heavy (non-hydrogen) atoms. The molecule has 0 radical (unpaired) electrons. The highest BCUT2D eigenvalue weighted by Crippen LogP contribution is 2.55. The predicted molar refractivity (Wildman–Crippen MR) is 70.7 cm³/mol. The van der Waals surface area contributed by atoms with Crippen LogP contribution in [0.25, 0.3) is 0 Å². The van der Waals surface area contributed by atoms with Gasteiger partial charge in [-0.2, -0.15) is 0 Å². The second-order valence-electron chi connectivity index (χ2n) is 6.80. The van der Waals surface area contributed by atoms with Gasteiger partial charge in [0.2, 0.25) is 0 Å². The summed E-state index contributed by atoms with van der Waals surface area (Å²) in [7, 11) is 1.40. The number of nitrogens with one attached hydrogen (secondary N) is 1. The third-order valence-corrected chi connectivity index (χ3v) is 4.64. The van der Waals surface area contributed by atoms with Gasteiger partial charge in [0.05, 0.1) is 0 Å². The Bertz CT molecular complexity index is 270. The Morgan fingerprint density at radius 3 is 2.59 bits per heavy atom. The van der Waals surface area contributed by atoms with E-state index in [-0.39, 0.29) is 0 Å². The lowest BCUT2D eigenvalue weighted by Gasteiger charge is -2.24. The summed E-state index contributed by atoms with van der Waals surface area (Å²) < 4.78 is 5.37. The lowest BCUT2D eigenvalue weighted by molar-refractivity contribution is 0.125. The van der Waals surface area contributed by atoms with E-state index in [0.717, 1.165) is 24.9 Å². The molecule has 4 atom stereocenters. The van der Waals surface area contributed by atoms with Crippen molar-refractivity contribution in [3.05, 3.63) is 0 Å². The average Bonchev–Trinajstić information content (AvgIpc) is 2.63. The number of fused-ring (bicyclic) bond motifs is 1. The minimum Gasteiger partial charge on any atom is -0.437 e. The first kappa shape index (κ1) is 13.4. The molecule has 0 aromatic rings. The number of rotatable bonds is 4. The van der Waals surface area contributed by atoms with Crippen LogP contribution in [-0.4, -0.2) is 31.8 Å². The van der Waals surface area contributed by atoms with Gasteiger partial charge in [0.25, 0.3) is 0 Å². The van der Waals surface area contributed by atoms with Crippen LogP contribution in [0, 0.1) is 23.2 Å². The third kappa shape index (κ3) is 2.86. The maximum atomic E-state index is 9.54. The summed E-state index contributed by atoms with van der Waals surface area (Å²) in [5.74, 6) is 2.17. The Kier molecular flexibility index (Phi) is 3.86. The fraction of sp³-hybridized carbons (Fsp3) is 1.00. The molecule has 0 amide bonds. The quantitative estimate of drug-likeness (QED) is 0.735. The van der Waals surface area contributed by atoms with Gasteiger partial charge in [0.1, 0.15) is 0 Å². The lowest BCUT2D eigenvalue weighted by atomic mass is 9.83. The normalized spacial score (nSPS) is 39.4. The number of hydrogen-bond acceptors (Lipinski definition) is 3. The topological polar surface area (TPSA) is 41.5 Å². The van der Waals surface area contributed by atoms with Gasteiger partial charge in [-0.25, -0.2) is 0 Å². The van der Waals surface area contributed by atoms with Crippen LogP contribution >= 0.6 is 0 Å². The standard InChI is InChI=1S/C13H26BNO2/c1-13(2)6-10-9(8-17-4)5-12(11(10)7-13)15-14(3)16/h9-12,15-16H,5-8H2,1-4H3/t9-,10-,11-,12-/m1/s1. The van der Waals surface area contributed by atoms with Crippen molar-refractivity contribution in [3.8, 4) is 0 Å². The third-order valence-electron chi connectivity index (χ3n) is 4.64. The fourth-order valence-corrected chi connectivity index (χ4v) is 4.20. The van der Waals surface area contributed by atoms with Crippen molar-refractivity contribution in [2.24, 2.45) is 23.2 Å². The van der Waals surface area contributed by atoms with Crippen LogP contribution in [-0.2, 0) is 4.74 Å². The van der Waals surface area contributed by atoms with E-state index in [4.69, 9.17) is 4.74 Å². The smallest absolute Gasteiger partial charge is 0.373 e. The average molecular weight is 239 g/mol. The van der Waals surface area contributed by atoms with E-state index in [9.17, 15) is 5.02 Å². The highest BCUT2D eigenvalue weighted by molar-refractivity contribution is 6.45. The van der Waals surface area contributed by atoms with Crippen molar-refractivity contribution in [1.82, 2.24) is 5.23 Å². The highest BCUT2D eigenvalue weighted by atomic mass is 16.5. The van der Waals surface area contributed by atoms with Gasteiger partial charge in [-0.15, -0.1) is 0 Å². The van der Waals surface area contributed by atoms with Gasteiger partial charge in [0.15, 0.2) is 0 Å². The van der Waals surface area contributed by atoms with Crippen molar-refractivity contribution in [2.75, 3.05) is 13.7 Å². The number of hydrogen-bond donors (Lipinski definition) is 2. The van der Waals surface area contributed by atoms with E-state index in [0.29, 0.717) is 17.4 Å². The summed E-state index contributed by atoms with van der Waals surface area (Å²) in [6, 6.07) is 0.474. The first-order valence-electron chi connectivity index (χ1n) is 6.86. The van der Waals surface area contributed by atoms with Crippen molar-refractivity contribution in [2.45, 2.75) is 46.0 Å². The zero-order valence-corrected chi connectivity index (χ0v) is 11.6. The molecule has 0 spiro atoms. The molecule has 2 fully saturated rings. The first-order chi connectivity index (χ1) is 7.93. The molecule has 2 N–H and O–H groups in total. The van der Waals surface area contributed by atoms with Gasteiger partial charge in [-0.1, -0.05) is 13.8 Å². The molecule has 0 aliphatic heterocycles. The Labute approximate surface area is 105 Å². The zero-order valence-electron chi connectivity index (χ0n) is 11.6. The molecule has 2 rings (SSSR count). The zero-order chi connectivity index (χ0) is 12.6. The van der Waals surface area contributed by atoms with Crippen molar-refractivity contribution >= 4 is 7.05 Å². The summed E-state index contributed by atoms with van der Waals surface area (Å²) in [5.41, 5.74) is 0.459. The molecular weight excluding hydrogens is 213 g/mol. The SMILES string of the molecule is COC[C@H]1C[C@@H](NB(C)O)[C@@H]2CC(C)(C)C[C@H]12. The van der Waals surface area contributed by atoms with Crippen LogP contribution in [0.3, 0.4) is 0 Å². The van der Waals surface area contributed by atoms with E-state index < -0.39 is 7.05 Å². The summed E-state index contributed by atoms with van der Waals surface area (Å²) in [5, 5.41) is 12.9. The van der Waals surface area contributed by atoms with E-state index >= 15 is 0 Å². The number of methoxy groups -OCH3 is 1. The molecule has 98 valence electrons. The van der Waals surface area contributed by atoms with Crippen molar-refractivity contribution in [1.29, 1.82) is 0 Å². The first-order valence-corrected chi connectivity index (χ1v) is 6.86. The van der Waals surface area contributed by atoms with Gasteiger partial charge in [-0.3, -0.25) is 0 Å². The second-order valence-corrected chi connectivity index (χ2v) is 6.80. The van der Waals surface area contributed by atoms with Gasteiger partial charge < -0.3 is 15.0 Å². The Morgan fingerprint density at radius 1 is 1.35 bits per heavy atom. The second kappa shape index (κ2) is 4.91. The Hall–Kier alpha value is -0.0551. The van der Waals surface area contributed by atoms with Crippen LogP contribution in [0.1, 0.15) is 33.1 Å². The van der Waals surface area contributed by atoms with Crippen molar-refractivity contribution in [3.63, 3.8) is 0 Å². The predicted octanol–water partition coefficient (Wildman–Crippen LogP) is 1.77. The molecule has 4 heteroatoms. The van der Waals surface area contributed by atoms with E-state index in [1.165, 1.54) is 12.8 Å². The van der Waals surface area contributed by atoms with Crippen LogP contribution < -0.4 is 5.23 Å². The molecule has 0 heterocycles. The Balaban J connectivity index is 2.06. The van der Waals surface area contributed by atoms with Crippen LogP contribution in [0.4, 0.5) is 0 Å². The molecule has 2 saturated carbocycles. The maximum absolute atomic E-state index is 9.54. The molecule has 2 aliphatic rings. The monoisotopic (exact) mass is 239 g/mol. The van der Waals surface area contributed by atoms with Crippen LogP contribution in [0.15, 0.2) is 0 Å². The molecule has 0 aromatic carbocycles. The molecule has 0 saturated heterocycles. The summed E-state index contributed by atoms with van der Waals surface area (Å²) in [6.07, 6.45) is 3.75. The van der Waals surface area contributed by atoms with E-state index in [1.54, 1.807) is 7.11 Å². The molecule has 0 aromatic heterocycles.